The molecule has 4 aromatic carbocycles. The number of aromatic amines is 2. The predicted octanol–water partition coefficient (Wildman–Crippen LogP) is 8.99. The second-order valence-electron chi connectivity index (χ2n) is 9.13. The second-order valence-corrected chi connectivity index (χ2v) is 11.7. The van der Waals surface area contributed by atoms with Crippen LogP contribution < -0.4 is 10.6 Å². The molecule has 2 heterocycles. The Balaban J connectivity index is 1.54. The third-order valence-electron chi connectivity index (χ3n) is 7.16. The van der Waals surface area contributed by atoms with Crippen LogP contribution in [0, 0.1) is 0 Å². The molecule has 7 rings (SSSR count). The van der Waals surface area contributed by atoms with E-state index in [-0.39, 0.29) is 0 Å². The van der Waals surface area contributed by atoms with Gasteiger partial charge in [-0.3, -0.25) is 0 Å². The van der Waals surface area contributed by atoms with E-state index >= 15 is 0 Å². The van der Waals surface area contributed by atoms with Crippen LogP contribution >= 0.6 is 55.1 Å². The molecule has 0 radical (unpaired) electrons. The molecule has 6 aromatic rings. The topological polar surface area (TPSA) is 31.6 Å². The molecule has 0 atom stereocenters. The van der Waals surface area contributed by atoms with Crippen molar-refractivity contribution in [2.45, 2.75) is 12.8 Å². The smallest absolute Gasteiger partial charge is 0.0560 e. The number of hydrogen-bond acceptors (Lipinski definition) is 0. The summed E-state index contributed by atoms with van der Waals surface area (Å²) in [5.41, 5.74) is 7.83. The summed E-state index contributed by atoms with van der Waals surface area (Å²) in [5.74, 6) is 0. The van der Waals surface area contributed by atoms with E-state index in [1.54, 1.807) is 0 Å². The van der Waals surface area contributed by atoms with Gasteiger partial charge in [-0.15, -0.1) is 0 Å². The number of rotatable bonds is 2. The maximum absolute atomic E-state index is 6.78. The van der Waals surface area contributed by atoms with Gasteiger partial charge < -0.3 is 9.97 Å². The maximum atomic E-state index is 6.78. The third kappa shape index (κ3) is 3.35. The fourth-order valence-corrected chi connectivity index (χ4v) is 7.53. The van der Waals surface area contributed by atoms with Gasteiger partial charge in [-0.25, -0.2) is 0 Å². The molecule has 1 aliphatic carbocycles. The maximum Gasteiger partial charge on any atom is 0.0560 e. The average Bonchev–Trinajstić information content (AvgIpc) is 3.46. The van der Waals surface area contributed by atoms with Crippen LogP contribution in [0.5, 0.6) is 0 Å². The Labute approximate surface area is 233 Å². The molecular formula is C30H18Br2Cl2N2. The molecule has 0 aliphatic heterocycles. The molecule has 0 unspecified atom stereocenters. The normalized spacial score (nSPS) is 13.8. The largest absolute Gasteiger partial charge is 0.354 e. The number of H-pyrrole nitrogens is 2. The molecule has 0 saturated carbocycles. The fraction of sp³-hybridized carbons (Fsp3) is 0.0667. The SMILES string of the molecule is ClC1=c2c([nH]c3ccccc23)=C(c2cc(-c3ccc(Cl)c4c3[nH]c3ccccc34)c(Br)cc2Br)CC1. The molecule has 2 nitrogen and oxygen atoms in total. The number of halogens is 4. The first kappa shape index (κ1) is 22.7. The van der Waals surface area contributed by atoms with Gasteiger partial charge in [0, 0.05) is 52.0 Å². The number of para-hydroxylation sites is 2. The van der Waals surface area contributed by atoms with Crippen LogP contribution in [0.15, 0.2) is 81.7 Å². The Kier molecular flexibility index (Phi) is 5.37. The Bertz CT molecular complexity index is 2000. The zero-order valence-electron chi connectivity index (χ0n) is 18.9. The Morgan fingerprint density at radius 3 is 2.17 bits per heavy atom. The van der Waals surface area contributed by atoms with Crippen molar-refractivity contribution in [2.24, 2.45) is 0 Å². The lowest BCUT2D eigenvalue weighted by Gasteiger charge is -2.17. The van der Waals surface area contributed by atoms with E-state index in [1.165, 1.54) is 11.0 Å². The minimum Gasteiger partial charge on any atom is -0.354 e. The molecule has 0 bridgehead atoms. The first-order valence-corrected chi connectivity index (χ1v) is 14.0. The molecular weight excluding hydrogens is 619 g/mol. The first-order chi connectivity index (χ1) is 17.5. The van der Waals surface area contributed by atoms with E-state index < -0.39 is 0 Å². The van der Waals surface area contributed by atoms with Crippen molar-refractivity contribution in [1.29, 1.82) is 0 Å². The molecule has 176 valence electrons. The molecule has 0 amide bonds. The van der Waals surface area contributed by atoms with Gasteiger partial charge in [0.05, 0.1) is 15.9 Å². The van der Waals surface area contributed by atoms with Gasteiger partial charge >= 0.3 is 0 Å². The number of hydrogen-bond donors (Lipinski definition) is 2. The van der Waals surface area contributed by atoms with Crippen LogP contribution in [0.4, 0.5) is 0 Å². The summed E-state index contributed by atoms with van der Waals surface area (Å²) in [6, 6.07) is 25.2. The molecule has 1 aliphatic rings. The van der Waals surface area contributed by atoms with E-state index in [9.17, 15) is 0 Å². The highest BCUT2D eigenvalue weighted by Gasteiger charge is 2.21. The number of benzene rings is 4. The van der Waals surface area contributed by atoms with Crippen LogP contribution in [0.25, 0.3) is 54.4 Å². The average molecular weight is 637 g/mol. The van der Waals surface area contributed by atoms with Gasteiger partial charge in [-0.1, -0.05) is 97.5 Å². The number of nitrogens with one attached hydrogen (secondary N) is 2. The van der Waals surface area contributed by atoms with Crippen LogP contribution in [0.3, 0.4) is 0 Å². The zero-order valence-corrected chi connectivity index (χ0v) is 23.5. The Morgan fingerprint density at radius 1 is 0.667 bits per heavy atom. The molecule has 2 N–H and O–H groups in total. The van der Waals surface area contributed by atoms with E-state index in [1.807, 2.05) is 18.2 Å². The summed E-state index contributed by atoms with van der Waals surface area (Å²) in [6.07, 6.45) is 1.68. The van der Waals surface area contributed by atoms with Gasteiger partial charge in [0.2, 0.25) is 0 Å². The van der Waals surface area contributed by atoms with Crippen molar-refractivity contribution >= 4 is 98.4 Å². The van der Waals surface area contributed by atoms with Gasteiger partial charge in [0.1, 0.15) is 0 Å². The number of aromatic nitrogens is 2. The lowest BCUT2D eigenvalue weighted by molar-refractivity contribution is 1.05. The molecule has 0 spiro atoms. The van der Waals surface area contributed by atoms with Crippen LogP contribution in [-0.2, 0) is 0 Å². The summed E-state index contributed by atoms with van der Waals surface area (Å²) < 4.78 is 2.05. The summed E-state index contributed by atoms with van der Waals surface area (Å²) in [5, 5.41) is 7.22. The fourth-order valence-electron chi connectivity index (χ4n) is 5.53. The van der Waals surface area contributed by atoms with Crippen molar-refractivity contribution in [1.82, 2.24) is 9.97 Å². The van der Waals surface area contributed by atoms with Crippen molar-refractivity contribution in [2.75, 3.05) is 0 Å². The summed E-state index contributed by atoms with van der Waals surface area (Å²) in [7, 11) is 0. The van der Waals surface area contributed by atoms with Gasteiger partial charge in [0.15, 0.2) is 0 Å². The van der Waals surface area contributed by atoms with Crippen LogP contribution in [0.2, 0.25) is 5.02 Å². The minimum absolute atomic E-state index is 0.745. The molecule has 36 heavy (non-hydrogen) atoms. The first-order valence-electron chi connectivity index (χ1n) is 11.7. The van der Waals surface area contributed by atoms with Crippen molar-refractivity contribution in [3.8, 4) is 11.1 Å². The third-order valence-corrected chi connectivity index (χ3v) is 9.16. The Hall–Kier alpha value is -2.50. The van der Waals surface area contributed by atoms with Crippen molar-refractivity contribution < 1.29 is 0 Å². The van der Waals surface area contributed by atoms with Crippen LogP contribution in [0.1, 0.15) is 18.4 Å². The molecule has 6 heteroatoms. The van der Waals surface area contributed by atoms with E-state index in [2.05, 4.69) is 96.4 Å². The van der Waals surface area contributed by atoms with E-state index in [0.29, 0.717) is 0 Å². The Morgan fingerprint density at radius 2 is 1.36 bits per heavy atom. The molecule has 2 aromatic heterocycles. The van der Waals surface area contributed by atoms with Gasteiger partial charge in [-0.05, 0) is 59.9 Å². The summed E-state index contributed by atoms with van der Waals surface area (Å²) in [6.45, 7) is 0. The van der Waals surface area contributed by atoms with Gasteiger partial charge in [-0.2, -0.15) is 0 Å². The minimum atomic E-state index is 0.745. The monoisotopic (exact) mass is 634 g/mol. The molecule has 0 fully saturated rings. The lowest BCUT2D eigenvalue weighted by atomic mass is 9.93. The standard InChI is InChI=1S/C30H18Br2Cl2N2/c31-21-14-22(32)20(16-10-12-24(34)28-18-6-2-4-8-26(18)36-30(16)28)13-19(21)15-9-11-23(33)27-17-5-1-3-7-25(17)35-29(15)27/h1-9,11,13-14,35-36H,10,12H2. The quantitative estimate of drug-likeness (QED) is 0.190. The van der Waals surface area contributed by atoms with Crippen molar-refractivity contribution in [3.63, 3.8) is 0 Å². The van der Waals surface area contributed by atoms with Crippen LogP contribution in [-0.4, -0.2) is 9.97 Å². The highest BCUT2D eigenvalue weighted by atomic mass is 79.9. The molecule has 0 saturated heterocycles. The zero-order chi connectivity index (χ0) is 24.6. The van der Waals surface area contributed by atoms with E-state index in [0.717, 1.165) is 86.4 Å². The summed E-state index contributed by atoms with van der Waals surface area (Å²) >= 11 is 21.2. The second kappa shape index (κ2) is 8.53. The predicted molar refractivity (Wildman–Crippen MR) is 160 cm³/mol. The van der Waals surface area contributed by atoms with Gasteiger partial charge in [0.25, 0.3) is 0 Å². The van der Waals surface area contributed by atoms with E-state index in [4.69, 9.17) is 23.2 Å². The highest BCUT2D eigenvalue weighted by molar-refractivity contribution is 9.11. The lowest BCUT2D eigenvalue weighted by Crippen LogP contribution is -2.30. The highest BCUT2D eigenvalue weighted by Crippen LogP contribution is 2.42. The van der Waals surface area contributed by atoms with Crippen molar-refractivity contribution in [3.05, 3.63) is 103 Å². The number of fused-ring (bicyclic) bond motifs is 6. The summed E-state index contributed by atoms with van der Waals surface area (Å²) in [4.78, 5) is 7.27.